The first-order valence-electron chi connectivity index (χ1n) is 11.5. The molecule has 9 heteroatoms. The van der Waals surface area contributed by atoms with Crippen molar-refractivity contribution in [1.29, 1.82) is 0 Å². The van der Waals surface area contributed by atoms with Gasteiger partial charge >= 0.3 is 0 Å². The van der Waals surface area contributed by atoms with E-state index in [0.29, 0.717) is 30.8 Å². The number of nitrogens with one attached hydrogen (secondary N) is 2. The molecule has 0 amide bonds. The van der Waals surface area contributed by atoms with E-state index in [-0.39, 0.29) is 17.5 Å². The molecule has 7 nitrogen and oxygen atoms in total. The maximum absolute atomic E-state index is 15.0. The van der Waals surface area contributed by atoms with E-state index in [2.05, 4.69) is 15.3 Å². The molecular weight excluding hydrogens is 467 g/mol. The van der Waals surface area contributed by atoms with E-state index in [4.69, 9.17) is 0 Å². The van der Waals surface area contributed by atoms with Gasteiger partial charge in [-0.15, -0.1) is 0 Å². The fourth-order valence-electron chi connectivity index (χ4n) is 4.66. The topological polar surface area (TPSA) is 98.3 Å². The van der Waals surface area contributed by atoms with Gasteiger partial charge in [0.15, 0.2) is 0 Å². The molecule has 0 spiro atoms. The number of pyridine rings is 1. The average Bonchev–Trinajstić information content (AvgIpc) is 3.29. The second kappa shape index (κ2) is 9.31. The lowest BCUT2D eigenvalue weighted by molar-refractivity contribution is 0.319. The maximum Gasteiger partial charge on any atom is 0.211 e. The van der Waals surface area contributed by atoms with Gasteiger partial charge in [0.05, 0.1) is 6.26 Å². The van der Waals surface area contributed by atoms with E-state index in [1.165, 1.54) is 16.6 Å². The predicted octanol–water partition coefficient (Wildman–Crippen LogP) is 4.83. The van der Waals surface area contributed by atoms with Gasteiger partial charge in [0, 0.05) is 54.1 Å². The number of hydrogen-bond donors (Lipinski definition) is 3. The monoisotopic (exact) mass is 494 g/mol. The van der Waals surface area contributed by atoms with Crippen LogP contribution in [0, 0.1) is 5.82 Å². The smallest absolute Gasteiger partial charge is 0.211 e. The molecule has 0 unspecified atom stereocenters. The van der Waals surface area contributed by atoms with Gasteiger partial charge in [0.25, 0.3) is 0 Å². The average molecular weight is 495 g/mol. The van der Waals surface area contributed by atoms with Crippen LogP contribution in [-0.2, 0) is 16.6 Å². The van der Waals surface area contributed by atoms with Crippen LogP contribution in [0.5, 0.6) is 5.75 Å². The number of phenolic OH excluding ortho intramolecular Hbond substituents is 1. The van der Waals surface area contributed by atoms with Crippen LogP contribution in [0.25, 0.3) is 22.2 Å². The maximum atomic E-state index is 15.0. The molecule has 2 aromatic carbocycles. The second-order valence-corrected chi connectivity index (χ2v) is 11.0. The highest BCUT2D eigenvalue weighted by Crippen LogP contribution is 2.35. The first-order chi connectivity index (χ1) is 16.8. The lowest BCUT2D eigenvalue weighted by Gasteiger charge is -2.29. The molecule has 5 rings (SSSR count). The summed E-state index contributed by atoms with van der Waals surface area (Å²) in [6.07, 6.45) is 4.36. The van der Waals surface area contributed by atoms with Crippen molar-refractivity contribution in [3.8, 4) is 16.9 Å². The molecule has 1 aliphatic heterocycles. The third-order valence-electron chi connectivity index (χ3n) is 6.60. The van der Waals surface area contributed by atoms with Gasteiger partial charge in [0.1, 0.15) is 17.2 Å². The molecule has 4 aromatic rings. The van der Waals surface area contributed by atoms with Crippen LogP contribution in [0.1, 0.15) is 30.0 Å². The number of fused-ring (bicyclic) bond motifs is 1. The molecule has 35 heavy (non-hydrogen) atoms. The van der Waals surface area contributed by atoms with Crippen LogP contribution in [0.2, 0.25) is 0 Å². The Morgan fingerprint density at radius 1 is 1.09 bits per heavy atom. The number of phenols is 1. The molecule has 1 aliphatic rings. The number of piperidine rings is 1. The summed E-state index contributed by atoms with van der Waals surface area (Å²) in [4.78, 5) is 7.83. The summed E-state index contributed by atoms with van der Waals surface area (Å²) in [5.74, 6) is 0.0847. The fraction of sp³-hybridized carbons (Fsp3) is 0.269. The highest BCUT2D eigenvalue weighted by Gasteiger charge is 2.27. The minimum atomic E-state index is -3.18. The Hall–Kier alpha value is -3.43. The zero-order valence-corrected chi connectivity index (χ0v) is 20.1. The van der Waals surface area contributed by atoms with Gasteiger partial charge in [0.2, 0.25) is 10.0 Å². The number of H-pyrrole nitrogens is 1. The molecule has 0 atom stereocenters. The van der Waals surface area contributed by atoms with Crippen LogP contribution in [0.3, 0.4) is 0 Å². The number of halogens is 1. The highest BCUT2D eigenvalue weighted by molar-refractivity contribution is 7.88. The number of hydrogen-bond acceptors (Lipinski definition) is 5. The Morgan fingerprint density at radius 2 is 1.83 bits per heavy atom. The largest absolute Gasteiger partial charge is 0.508 e. The molecule has 0 bridgehead atoms. The Labute approximate surface area is 203 Å². The second-order valence-electron chi connectivity index (χ2n) is 9.00. The van der Waals surface area contributed by atoms with Crippen molar-refractivity contribution in [2.45, 2.75) is 25.3 Å². The zero-order chi connectivity index (χ0) is 24.6. The van der Waals surface area contributed by atoms with Gasteiger partial charge in [-0.05, 0) is 66.4 Å². The van der Waals surface area contributed by atoms with Crippen molar-refractivity contribution in [2.24, 2.45) is 0 Å². The number of sulfonamides is 1. The molecule has 182 valence electrons. The molecule has 1 saturated heterocycles. The molecule has 3 N–H and O–H groups in total. The summed E-state index contributed by atoms with van der Waals surface area (Å²) >= 11 is 0. The predicted molar refractivity (Wildman–Crippen MR) is 135 cm³/mol. The minimum Gasteiger partial charge on any atom is -0.508 e. The molecule has 2 aromatic heterocycles. The van der Waals surface area contributed by atoms with Gasteiger partial charge in [-0.1, -0.05) is 12.1 Å². The number of rotatable bonds is 6. The van der Waals surface area contributed by atoms with Gasteiger partial charge in [-0.25, -0.2) is 22.1 Å². The van der Waals surface area contributed by atoms with Crippen molar-refractivity contribution in [3.63, 3.8) is 0 Å². The fourth-order valence-corrected chi connectivity index (χ4v) is 5.53. The SMILES string of the molecule is CS(=O)(=O)N1CCC(c2cc3c(-c4cc(NCc5ccc(O)cc5)ccc4F)ccnc3[nH]2)CC1. The lowest BCUT2D eigenvalue weighted by Crippen LogP contribution is -2.37. The van der Waals surface area contributed by atoms with Crippen LogP contribution in [-0.4, -0.2) is 47.1 Å². The summed E-state index contributed by atoms with van der Waals surface area (Å²) < 4.78 is 40.1. The van der Waals surface area contributed by atoms with E-state index < -0.39 is 10.0 Å². The molecule has 0 saturated carbocycles. The molecule has 0 radical (unpaired) electrons. The van der Waals surface area contributed by atoms with Crippen molar-refractivity contribution < 1.29 is 17.9 Å². The van der Waals surface area contributed by atoms with Crippen molar-refractivity contribution in [2.75, 3.05) is 24.7 Å². The molecule has 3 heterocycles. The number of aromatic amines is 1. The number of anilines is 1. The van der Waals surface area contributed by atoms with Crippen LogP contribution >= 0.6 is 0 Å². The Balaban J connectivity index is 1.40. The normalized spacial score (nSPS) is 15.5. The van der Waals surface area contributed by atoms with Gasteiger partial charge in [-0.2, -0.15) is 0 Å². The molecular formula is C26H27FN4O3S. The first kappa shape index (κ1) is 23.3. The zero-order valence-electron chi connectivity index (χ0n) is 19.3. The first-order valence-corrected chi connectivity index (χ1v) is 13.4. The standard InChI is InChI=1S/C26H27FN4O3S/c1-35(33,34)31-12-9-18(10-13-31)25-15-23-21(8-11-28-26(23)30-25)22-14-19(4-7-24(22)27)29-16-17-2-5-20(32)6-3-17/h2-8,11,14-15,18,29,32H,9-10,12-13,16H2,1H3,(H,28,30). The van der Waals surface area contributed by atoms with Crippen molar-refractivity contribution in [1.82, 2.24) is 14.3 Å². The Kier molecular flexibility index (Phi) is 6.21. The quantitative estimate of drug-likeness (QED) is 0.357. The lowest BCUT2D eigenvalue weighted by atomic mass is 9.94. The third kappa shape index (κ3) is 5.01. The minimum absolute atomic E-state index is 0.193. The number of benzene rings is 2. The summed E-state index contributed by atoms with van der Waals surface area (Å²) in [7, 11) is -3.18. The van der Waals surface area contributed by atoms with E-state index >= 15 is 0 Å². The number of nitrogens with zero attached hydrogens (tertiary/aromatic N) is 2. The molecule has 1 fully saturated rings. The molecule has 0 aliphatic carbocycles. The highest BCUT2D eigenvalue weighted by atomic mass is 32.2. The van der Waals surface area contributed by atoms with Crippen LogP contribution < -0.4 is 5.32 Å². The Morgan fingerprint density at radius 3 is 2.54 bits per heavy atom. The summed E-state index contributed by atoms with van der Waals surface area (Å²) in [6.45, 7) is 1.52. The van der Waals surface area contributed by atoms with Crippen LogP contribution in [0.4, 0.5) is 10.1 Å². The third-order valence-corrected chi connectivity index (χ3v) is 7.91. The Bertz CT molecular complexity index is 1460. The van der Waals surface area contributed by atoms with E-state index in [1.54, 1.807) is 30.5 Å². The van der Waals surface area contributed by atoms with Crippen molar-refractivity contribution in [3.05, 3.63) is 77.9 Å². The van der Waals surface area contributed by atoms with E-state index in [0.717, 1.165) is 40.7 Å². The van der Waals surface area contributed by atoms with Gasteiger partial charge < -0.3 is 15.4 Å². The van der Waals surface area contributed by atoms with E-state index in [9.17, 15) is 17.9 Å². The van der Waals surface area contributed by atoms with Gasteiger partial charge in [-0.3, -0.25) is 0 Å². The van der Waals surface area contributed by atoms with E-state index in [1.807, 2.05) is 24.3 Å². The summed E-state index contributed by atoms with van der Waals surface area (Å²) in [5, 5.41) is 13.6. The summed E-state index contributed by atoms with van der Waals surface area (Å²) in [6, 6.07) is 15.7. The summed E-state index contributed by atoms with van der Waals surface area (Å²) in [5.41, 5.74) is 4.68. The number of aromatic hydroxyl groups is 1. The van der Waals surface area contributed by atoms with Crippen molar-refractivity contribution >= 4 is 26.7 Å². The number of aromatic nitrogens is 2. The van der Waals surface area contributed by atoms with Crippen LogP contribution in [0.15, 0.2) is 60.8 Å².